The Morgan fingerprint density at radius 3 is 2.39 bits per heavy atom. The maximum atomic E-state index is 13.7. The standard InChI is InChI=1S/C27H28F4N4O3/c28-21-3-1-2-18(13-21)24-14-25(33-32-24)20-12-19(17-4-6-23(7-5-17)38-27(29,30)31)15-35(16-20)26(37)34-10-8-22(36)9-11-34/h1-7,13-14,19-20,22,36H,8-12,15-16H2,(H,32,33). The predicted octanol–water partition coefficient (Wildman–Crippen LogP) is 5.26. The number of hydrogen-bond donors (Lipinski definition) is 2. The molecule has 0 saturated carbocycles. The van der Waals surface area contributed by atoms with E-state index in [2.05, 4.69) is 14.9 Å². The van der Waals surface area contributed by atoms with E-state index in [1.807, 2.05) is 6.07 Å². The van der Waals surface area contributed by atoms with Crippen LogP contribution < -0.4 is 4.74 Å². The first kappa shape index (κ1) is 26.0. The molecule has 1 aromatic heterocycles. The average Bonchev–Trinajstić information content (AvgIpc) is 3.39. The number of amides is 2. The molecule has 7 nitrogen and oxygen atoms in total. The predicted molar refractivity (Wildman–Crippen MR) is 131 cm³/mol. The van der Waals surface area contributed by atoms with Gasteiger partial charge in [0.25, 0.3) is 0 Å². The third kappa shape index (κ3) is 6.09. The summed E-state index contributed by atoms with van der Waals surface area (Å²) in [6.45, 7) is 1.75. The molecule has 0 radical (unpaired) electrons. The summed E-state index contributed by atoms with van der Waals surface area (Å²) >= 11 is 0. The van der Waals surface area contributed by atoms with Crippen LogP contribution in [0.15, 0.2) is 54.6 Å². The normalized spacial score (nSPS) is 21.0. The number of H-pyrrole nitrogens is 1. The van der Waals surface area contributed by atoms with Gasteiger partial charge in [-0.1, -0.05) is 24.3 Å². The van der Waals surface area contributed by atoms with E-state index in [0.29, 0.717) is 56.7 Å². The summed E-state index contributed by atoms with van der Waals surface area (Å²) < 4.78 is 55.6. The number of hydrogen-bond acceptors (Lipinski definition) is 4. The number of likely N-dealkylation sites (tertiary alicyclic amines) is 2. The molecule has 0 spiro atoms. The highest BCUT2D eigenvalue weighted by Gasteiger charge is 2.36. The van der Waals surface area contributed by atoms with E-state index in [1.54, 1.807) is 34.1 Å². The highest BCUT2D eigenvalue weighted by atomic mass is 19.4. The molecule has 2 aliphatic heterocycles. The van der Waals surface area contributed by atoms with Crippen molar-refractivity contribution in [2.75, 3.05) is 26.2 Å². The lowest BCUT2D eigenvalue weighted by molar-refractivity contribution is -0.274. The van der Waals surface area contributed by atoms with E-state index in [-0.39, 0.29) is 29.4 Å². The molecule has 2 aromatic carbocycles. The molecule has 38 heavy (non-hydrogen) atoms. The number of aliphatic hydroxyl groups is 1. The van der Waals surface area contributed by atoms with Crippen LogP contribution in [0.25, 0.3) is 11.3 Å². The number of urea groups is 1. The molecule has 2 saturated heterocycles. The van der Waals surface area contributed by atoms with Gasteiger partial charge < -0.3 is 19.6 Å². The monoisotopic (exact) mass is 532 g/mol. The maximum absolute atomic E-state index is 13.7. The fraction of sp³-hybridized carbons (Fsp3) is 0.407. The number of nitrogens with one attached hydrogen (secondary N) is 1. The SMILES string of the molecule is O=C(N1CCC(O)CC1)N1CC(c2ccc(OC(F)(F)F)cc2)CC(c2cc(-c3cccc(F)c3)n[nH]2)C1. The van der Waals surface area contributed by atoms with Crippen LogP contribution in [0.2, 0.25) is 0 Å². The van der Waals surface area contributed by atoms with Crippen molar-refractivity contribution >= 4 is 6.03 Å². The first-order valence-corrected chi connectivity index (χ1v) is 12.5. The maximum Gasteiger partial charge on any atom is 0.573 e. The van der Waals surface area contributed by atoms with Crippen LogP contribution >= 0.6 is 0 Å². The van der Waals surface area contributed by atoms with Gasteiger partial charge in [-0.3, -0.25) is 5.10 Å². The van der Waals surface area contributed by atoms with Crippen molar-refractivity contribution in [1.29, 1.82) is 0 Å². The number of carbonyl (C=O) groups excluding carboxylic acids is 1. The highest BCUT2D eigenvalue weighted by Crippen LogP contribution is 2.37. The Balaban J connectivity index is 1.39. The second-order valence-electron chi connectivity index (χ2n) is 9.87. The number of piperidine rings is 2. The first-order valence-electron chi connectivity index (χ1n) is 12.5. The minimum atomic E-state index is -4.78. The molecule has 2 N–H and O–H groups in total. The minimum absolute atomic E-state index is 0.131. The number of nitrogens with zero attached hydrogens (tertiary/aromatic N) is 3. The van der Waals surface area contributed by atoms with E-state index in [1.165, 1.54) is 24.3 Å². The summed E-state index contributed by atoms with van der Waals surface area (Å²) in [5.41, 5.74) is 2.79. The zero-order valence-electron chi connectivity index (χ0n) is 20.5. The molecule has 2 unspecified atom stereocenters. The third-order valence-electron chi connectivity index (χ3n) is 7.20. The van der Waals surface area contributed by atoms with Gasteiger partial charge in [0, 0.05) is 49.3 Å². The van der Waals surface area contributed by atoms with Crippen LogP contribution in [-0.4, -0.2) is 69.8 Å². The topological polar surface area (TPSA) is 81.7 Å². The van der Waals surface area contributed by atoms with Crippen LogP contribution in [0.1, 0.15) is 42.4 Å². The number of carbonyl (C=O) groups is 1. The Morgan fingerprint density at radius 2 is 1.71 bits per heavy atom. The highest BCUT2D eigenvalue weighted by molar-refractivity contribution is 5.75. The van der Waals surface area contributed by atoms with E-state index in [0.717, 1.165) is 11.3 Å². The molecule has 2 aliphatic rings. The van der Waals surface area contributed by atoms with Crippen molar-refractivity contribution < 1.29 is 32.2 Å². The molecular formula is C27H28F4N4O3. The van der Waals surface area contributed by atoms with Gasteiger partial charge in [0.05, 0.1) is 11.8 Å². The van der Waals surface area contributed by atoms with Crippen LogP contribution in [-0.2, 0) is 0 Å². The molecular weight excluding hydrogens is 504 g/mol. The Labute approximate surface area is 217 Å². The Morgan fingerprint density at radius 1 is 1.00 bits per heavy atom. The smallest absolute Gasteiger partial charge is 0.406 e. The summed E-state index contributed by atoms with van der Waals surface area (Å²) in [5.74, 6) is -0.948. The Bertz CT molecular complexity index is 1260. The van der Waals surface area contributed by atoms with Gasteiger partial charge in [0.1, 0.15) is 11.6 Å². The van der Waals surface area contributed by atoms with E-state index < -0.39 is 12.5 Å². The van der Waals surface area contributed by atoms with E-state index in [4.69, 9.17) is 0 Å². The largest absolute Gasteiger partial charge is 0.573 e. The molecule has 3 heterocycles. The van der Waals surface area contributed by atoms with Crippen molar-refractivity contribution in [1.82, 2.24) is 20.0 Å². The minimum Gasteiger partial charge on any atom is -0.406 e. The van der Waals surface area contributed by atoms with Gasteiger partial charge in [0.2, 0.25) is 0 Å². The van der Waals surface area contributed by atoms with Crippen molar-refractivity contribution in [2.24, 2.45) is 0 Å². The van der Waals surface area contributed by atoms with Crippen molar-refractivity contribution in [3.8, 4) is 17.0 Å². The summed E-state index contributed by atoms with van der Waals surface area (Å²) in [4.78, 5) is 16.9. The number of benzene rings is 2. The quantitative estimate of drug-likeness (QED) is 0.449. The summed E-state index contributed by atoms with van der Waals surface area (Å²) in [6, 6.07) is 13.6. The number of alkyl halides is 3. The van der Waals surface area contributed by atoms with Crippen LogP contribution in [0.4, 0.5) is 22.4 Å². The number of aliphatic hydroxyl groups excluding tert-OH is 1. The first-order chi connectivity index (χ1) is 18.1. The van der Waals surface area contributed by atoms with Crippen LogP contribution in [0.5, 0.6) is 5.75 Å². The second kappa shape index (κ2) is 10.6. The molecule has 202 valence electrons. The lowest BCUT2D eigenvalue weighted by atomic mass is 9.83. The van der Waals surface area contributed by atoms with Crippen molar-refractivity contribution in [3.05, 3.63) is 71.7 Å². The molecule has 0 aliphatic carbocycles. The molecule has 11 heteroatoms. The van der Waals surface area contributed by atoms with Gasteiger partial charge >= 0.3 is 12.4 Å². The summed E-state index contributed by atoms with van der Waals surface area (Å²) in [6.07, 6.45) is -3.52. The molecule has 0 bridgehead atoms. The number of rotatable bonds is 4. The van der Waals surface area contributed by atoms with Crippen LogP contribution in [0, 0.1) is 5.82 Å². The van der Waals surface area contributed by atoms with Gasteiger partial charge in [-0.2, -0.15) is 5.10 Å². The molecule has 2 atom stereocenters. The van der Waals surface area contributed by atoms with E-state index in [9.17, 15) is 27.5 Å². The zero-order valence-corrected chi connectivity index (χ0v) is 20.5. The third-order valence-corrected chi connectivity index (χ3v) is 7.20. The molecule has 5 rings (SSSR count). The number of ether oxygens (including phenoxy) is 1. The fourth-order valence-electron chi connectivity index (χ4n) is 5.26. The Kier molecular flexibility index (Phi) is 7.29. The number of halogens is 4. The lowest BCUT2D eigenvalue weighted by Gasteiger charge is -2.41. The Hall–Kier alpha value is -3.60. The van der Waals surface area contributed by atoms with E-state index >= 15 is 0 Å². The number of aromatic nitrogens is 2. The molecule has 2 amide bonds. The summed E-state index contributed by atoms with van der Waals surface area (Å²) in [7, 11) is 0. The zero-order chi connectivity index (χ0) is 26.9. The average molecular weight is 533 g/mol. The van der Waals surface area contributed by atoms with Gasteiger partial charge in [-0.25, -0.2) is 9.18 Å². The lowest BCUT2D eigenvalue weighted by Crippen LogP contribution is -2.51. The fourth-order valence-corrected chi connectivity index (χ4v) is 5.26. The number of aromatic amines is 1. The van der Waals surface area contributed by atoms with Crippen molar-refractivity contribution in [2.45, 2.75) is 43.6 Å². The van der Waals surface area contributed by atoms with Gasteiger partial charge in [-0.05, 0) is 55.2 Å². The second-order valence-corrected chi connectivity index (χ2v) is 9.87. The molecule has 2 fully saturated rings. The molecule has 3 aromatic rings. The van der Waals surface area contributed by atoms with Crippen LogP contribution in [0.3, 0.4) is 0 Å². The summed E-state index contributed by atoms with van der Waals surface area (Å²) in [5, 5.41) is 17.2. The van der Waals surface area contributed by atoms with Gasteiger partial charge in [-0.15, -0.1) is 13.2 Å². The van der Waals surface area contributed by atoms with Crippen molar-refractivity contribution in [3.63, 3.8) is 0 Å². The van der Waals surface area contributed by atoms with Gasteiger partial charge in [0.15, 0.2) is 0 Å².